The summed E-state index contributed by atoms with van der Waals surface area (Å²) in [6, 6.07) is 4.13. The first-order valence-corrected chi connectivity index (χ1v) is 6.39. The quantitative estimate of drug-likeness (QED) is 0.709. The molecule has 1 fully saturated rings. The number of H-pyrrole nitrogens is 1. The topological polar surface area (TPSA) is 44.8 Å². The summed E-state index contributed by atoms with van der Waals surface area (Å²) >= 11 is 0. The molecule has 4 heterocycles. The van der Waals surface area contributed by atoms with E-state index in [4.69, 9.17) is 0 Å². The monoisotopic (exact) mass is 238 g/mol. The number of hydrogen-bond donors (Lipinski definition) is 1. The van der Waals surface area contributed by atoms with Crippen molar-refractivity contribution in [3.05, 3.63) is 30.7 Å². The number of rotatable bonds is 1. The summed E-state index contributed by atoms with van der Waals surface area (Å²) in [5.41, 5.74) is 0.941. The van der Waals surface area contributed by atoms with Gasteiger partial charge in [-0.25, -0.2) is 9.97 Å². The lowest BCUT2D eigenvalue weighted by Gasteiger charge is -2.18. The minimum absolute atomic E-state index is 0.941. The van der Waals surface area contributed by atoms with E-state index < -0.39 is 0 Å². The minimum atomic E-state index is 0.941. The molecule has 0 aliphatic carbocycles. The molecule has 4 nitrogen and oxygen atoms in total. The lowest BCUT2D eigenvalue weighted by Crippen LogP contribution is -2.19. The van der Waals surface area contributed by atoms with Crippen LogP contribution in [-0.4, -0.2) is 28.0 Å². The largest absolute Gasteiger partial charge is 0.356 e. The molecule has 18 heavy (non-hydrogen) atoms. The first-order chi connectivity index (χ1) is 8.93. The van der Waals surface area contributed by atoms with E-state index in [1.165, 1.54) is 29.0 Å². The van der Waals surface area contributed by atoms with E-state index in [0.29, 0.717) is 0 Å². The Morgan fingerprint density at radius 2 is 2.00 bits per heavy atom. The van der Waals surface area contributed by atoms with Gasteiger partial charge in [-0.1, -0.05) is 0 Å². The molecule has 1 N–H and O–H groups in total. The molecule has 90 valence electrons. The molecule has 0 amide bonds. The average molecular weight is 238 g/mol. The third-order valence-corrected chi connectivity index (χ3v) is 3.70. The summed E-state index contributed by atoms with van der Waals surface area (Å²) in [5, 5.41) is 3.56. The maximum absolute atomic E-state index is 4.60. The molecule has 4 heteroatoms. The first kappa shape index (κ1) is 9.88. The Bertz CT molecular complexity index is 710. The van der Waals surface area contributed by atoms with E-state index in [9.17, 15) is 0 Å². The van der Waals surface area contributed by atoms with Crippen molar-refractivity contribution in [2.24, 2.45) is 0 Å². The fraction of sp³-hybridized carbons (Fsp3) is 0.286. The number of aromatic amines is 1. The fourth-order valence-corrected chi connectivity index (χ4v) is 2.82. The van der Waals surface area contributed by atoms with Crippen LogP contribution in [0.15, 0.2) is 30.7 Å². The van der Waals surface area contributed by atoms with E-state index in [0.717, 1.165) is 24.6 Å². The van der Waals surface area contributed by atoms with Crippen molar-refractivity contribution < 1.29 is 0 Å². The third kappa shape index (κ3) is 1.32. The van der Waals surface area contributed by atoms with Gasteiger partial charge in [0.15, 0.2) is 0 Å². The van der Waals surface area contributed by atoms with Crippen LogP contribution in [0.25, 0.3) is 21.8 Å². The van der Waals surface area contributed by atoms with Gasteiger partial charge in [0, 0.05) is 47.8 Å². The van der Waals surface area contributed by atoms with Crippen molar-refractivity contribution in [1.82, 2.24) is 15.0 Å². The lowest BCUT2D eigenvalue weighted by atomic mass is 10.1. The summed E-state index contributed by atoms with van der Waals surface area (Å²) in [6.45, 7) is 2.22. The number of pyridine rings is 2. The summed E-state index contributed by atoms with van der Waals surface area (Å²) in [5.74, 6) is 1.11. The normalized spacial score (nSPS) is 15.9. The van der Waals surface area contributed by atoms with Crippen LogP contribution in [0.2, 0.25) is 0 Å². The van der Waals surface area contributed by atoms with E-state index >= 15 is 0 Å². The molecule has 0 radical (unpaired) electrons. The Morgan fingerprint density at radius 3 is 2.89 bits per heavy atom. The Kier molecular flexibility index (Phi) is 2.03. The standard InChI is InChI=1S/C14H14N4/c1-2-8-18(7-1)14-12-10(3-5-16-14)9-17-13-11(12)4-6-15-13/h3-6,9H,1-2,7-8H2,(H,15,17). The van der Waals surface area contributed by atoms with Crippen molar-refractivity contribution in [2.45, 2.75) is 12.8 Å². The van der Waals surface area contributed by atoms with Gasteiger partial charge >= 0.3 is 0 Å². The molecule has 0 spiro atoms. The summed E-state index contributed by atoms with van der Waals surface area (Å²) < 4.78 is 0. The van der Waals surface area contributed by atoms with Crippen LogP contribution >= 0.6 is 0 Å². The zero-order valence-electron chi connectivity index (χ0n) is 10.1. The van der Waals surface area contributed by atoms with Crippen molar-refractivity contribution >= 4 is 27.6 Å². The van der Waals surface area contributed by atoms with Gasteiger partial charge in [0.2, 0.25) is 0 Å². The minimum Gasteiger partial charge on any atom is -0.356 e. The summed E-state index contributed by atoms with van der Waals surface area (Å²) in [7, 11) is 0. The molecule has 4 rings (SSSR count). The van der Waals surface area contributed by atoms with Gasteiger partial charge < -0.3 is 9.88 Å². The Balaban J connectivity index is 2.08. The van der Waals surface area contributed by atoms with Gasteiger partial charge in [0.1, 0.15) is 11.5 Å². The van der Waals surface area contributed by atoms with E-state index in [2.05, 4.69) is 25.9 Å². The maximum atomic E-state index is 4.60. The number of anilines is 1. The lowest BCUT2D eigenvalue weighted by molar-refractivity contribution is 0.946. The van der Waals surface area contributed by atoms with Crippen LogP contribution in [0, 0.1) is 0 Å². The highest BCUT2D eigenvalue weighted by atomic mass is 15.2. The van der Waals surface area contributed by atoms with Crippen LogP contribution in [0.3, 0.4) is 0 Å². The highest BCUT2D eigenvalue weighted by Gasteiger charge is 2.17. The van der Waals surface area contributed by atoms with Crippen LogP contribution < -0.4 is 4.90 Å². The molecule has 0 unspecified atom stereocenters. The summed E-state index contributed by atoms with van der Waals surface area (Å²) in [6.07, 6.45) is 8.28. The zero-order chi connectivity index (χ0) is 11.9. The van der Waals surface area contributed by atoms with Crippen LogP contribution in [0.4, 0.5) is 5.82 Å². The Labute approximate surface area is 105 Å². The molecule has 1 saturated heterocycles. The first-order valence-electron chi connectivity index (χ1n) is 6.39. The molecule has 0 aromatic carbocycles. The highest BCUT2D eigenvalue weighted by molar-refractivity contribution is 6.10. The molecule has 0 saturated carbocycles. The van der Waals surface area contributed by atoms with Gasteiger partial charge in [-0.2, -0.15) is 0 Å². The van der Waals surface area contributed by atoms with Crippen LogP contribution in [0.1, 0.15) is 12.8 Å². The average Bonchev–Trinajstić information content (AvgIpc) is 3.09. The predicted molar refractivity (Wildman–Crippen MR) is 72.8 cm³/mol. The van der Waals surface area contributed by atoms with E-state index in [1.807, 2.05) is 24.7 Å². The molecule has 3 aromatic rings. The van der Waals surface area contributed by atoms with Crippen molar-refractivity contribution in [3.63, 3.8) is 0 Å². The molecule has 3 aromatic heterocycles. The van der Waals surface area contributed by atoms with Gasteiger partial charge in [0.05, 0.1) is 0 Å². The number of aromatic nitrogens is 3. The highest BCUT2D eigenvalue weighted by Crippen LogP contribution is 2.31. The molecule has 1 aliphatic rings. The second-order valence-corrected chi connectivity index (χ2v) is 4.79. The Morgan fingerprint density at radius 1 is 1.11 bits per heavy atom. The summed E-state index contributed by atoms with van der Waals surface area (Å²) in [4.78, 5) is 14.6. The van der Waals surface area contributed by atoms with E-state index in [-0.39, 0.29) is 0 Å². The van der Waals surface area contributed by atoms with Crippen LogP contribution in [0.5, 0.6) is 0 Å². The van der Waals surface area contributed by atoms with Crippen molar-refractivity contribution in [3.8, 4) is 0 Å². The number of hydrogen-bond acceptors (Lipinski definition) is 3. The number of fused-ring (bicyclic) bond motifs is 3. The van der Waals surface area contributed by atoms with Gasteiger partial charge in [-0.15, -0.1) is 0 Å². The van der Waals surface area contributed by atoms with Gasteiger partial charge in [-0.05, 0) is 25.0 Å². The molecular weight excluding hydrogens is 224 g/mol. The smallest absolute Gasteiger partial charge is 0.137 e. The van der Waals surface area contributed by atoms with E-state index in [1.54, 1.807) is 0 Å². The molecular formula is C14H14N4. The zero-order valence-corrected chi connectivity index (χ0v) is 10.1. The second-order valence-electron chi connectivity index (χ2n) is 4.79. The van der Waals surface area contributed by atoms with Crippen LogP contribution in [-0.2, 0) is 0 Å². The van der Waals surface area contributed by atoms with Gasteiger partial charge in [-0.3, -0.25) is 0 Å². The van der Waals surface area contributed by atoms with Gasteiger partial charge in [0.25, 0.3) is 0 Å². The SMILES string of the molecule is c1cc2cnc3[nH]ccc3c2c(N2CCCC2)n1. The Hall–Kier alpha value is -2.10. The molecule has 0 atom stereocenters. The molecule has 1 aliphatic heterocycles. The molecule has 0 bridgehead atoms. The third-order valence-electron chi connectivity index (χ3n) is 3.70. The predicted octanol–water partition coefficient (Wildman–Crippen LogP) is 2.71. The number of nitrogens with zero attached hydrogens (tertiary/aromatic N) is 3. The maximum Gasteiger partial charge on any atom is 0.137 e. The fourth-order valence-electron chi connectivity index (χ4n) is 2.82. The van der Waals surface area contributed by atoms with Crippen molar-refractivity contribution in [1.29, 1.82) is 0 Å². The second kappa shape index (κ2) is 3.70. The number of nitrogens with one attached hydrogen (secondary N) is 1. The van der Waals surface area contributed by atoms with Crippen molar-refractivity contribution in [2.75, 3.05) is 18.0 Å².